The molecule has 1 aliphatic heterocycles. The predicted molar refractivity (Wildman–Crippen MR) is 165 cm³/mol. The number of anilines is 1. The molecular weight excluding hydrogens is 508 g/mol. The number of hydrogen-bond acceptors (Lipinski definition) is 5. The van der Waals surface area contributed by atoms with E-state index in [0.29, 0.717) is 18.5 Å². The van der Waals surface area contributed by atoms with Gasteiger partial charge >= 0.3 is 0 Å². The number of nitrogens with one attached hydrogen (secondary N) is 1. The van der Waals surface area contributed by atoms with E-state index >= 15 is 0 Å². The molecule has 210 valence electrons. The van der Waals surface area contributed by atoms with E-state index < -0.39 is 0 Å². The lowest BCUT2D eigenvalue weighted by atomic mass is 9.90. The van der Waals surface area contributed by atoms with Crippen LogP contribution in [0, 0.1) is 0 Å². The topological polar surface area (TPSA) is 62.2 Å². The minimum atomic E-state index is 0.481. The van der Waals surface area contributed by atoms with E-state index in [-0.39, 0.29) is 0 Å². The molecule has 0 radical (unpaired) electrons. The van der Waals surface area contributed by atoms with Crippen molar-refractivity contribution in [1.29, 1.82) is 0 Å². The second-order valence-corrected chi connectivity index (χ2v) is 11.4. The number of hydrogen-bond donors (Lipinski definition) is 1. The summed E-state index contributed by atoms with van der Waals surface area (Å²) in [4.78, 5) is 13.6. The lowest BCUT2D eigenvalue weighted by Crippen LogP contribution is -2.51. The summed E-state index contributed by atoms with van der Waals surface area (Å²) < 4.78 is 7.73. The van der Waals surface area contributed by atoms with Gasteiger partial charge in [-0.05, 0) is 62.1 Å². The van der Waals surface area contributed by atoms with Crippen LogP contribution >= 0.6 is 0 Å². The highest BCUT2D eigenvalue weighted by Crippen LogP contribution is 2.33. The average molecular weight is 547 g/mol. The van der Waals surface area contributed by atoms with Crippen LogP contribution in [0.4, 0.5) is 5.69 Å². The Morgan fingerprint density at radius 1 is 0.829 bits per heavy atom. The predicted octanol–water partition coefficient (Wildman–Crippen LogP) is 6.33. The third kappa shape index (κ3) is 5.46. The molecule has 0 atom stereocenters. The number of imidazole rings is 1. The van der Waals surface area contributed by atoms with E-state index in [2.05, 4.69) is 86.3 Å². The van der Waals surface area contributed by atoms with Crippen LogP contribution < -0.4 is 9.64 Å². The highest BCUT2D eigenvalue weighted by atomic mass is 16.5. The Labute approximate surface area is 241 Å². The Balaban J connectivity index is 0.967. The van der Waals surface area contributed by atoms with Gasteiger partial charge in [-0.1, -0.05) is 42.5 Å². The summed E-state index contributed by atoms with van der Waals surface area (Å²) in [7, 11) is 1.71. The number of ether oxygens (including phenoxy) is 1. The van der Waals surface area contributed by atoms with Crippen LogP contribution in [0.15, 0.2) is 85.1 Å². The molecule has 0 spiro atoms. The van der Waals surface area contributed by atoms with Crippen LogP contribution in [0.1, 0.15) is 43.1 Å². The molecule has 2 aliphatic rings. The van der Waals surface area contributed by atoms with Gasteiger partial charge in [0.05, 0.1) is 29.9 Å². The SMILES string of the molecule is COc1ccccc1Cc1nc2ccc(-c3ccn(C4CCC(N5CCN(c6ccccc6)CC5)CC4)n3)cc2[nH]1. The minimum Gasteiger partial charge on any atom is -0.496 e. The Kier molecular flexibility index (Phi) is 7.19. The summed E-state index contributed by atoms with van der Waals surface area (Å²) in [5, 5.41) is 5.03. The maximum atomic E-state index is 5.52. The molecule has 1 saturated heterocycles. The van der Waals surface area contributed by atoms with Crippen LogP contribution in [0.3, 0.4) is 0 Å². The van der Waals surface area contributed by atoms with Crippen molar-refractivity contribution in [2.24, 2.45) is 0 Å². The number of methoxy groups -OCH3 is 1. The molecule has 3 heterocycles. The number of rotatable bonds is 7. The first kappa shape index (κ1) is 25.8. The van der Waals surface area contributed by atoms with Gasteiger partial charge in [-0.15, -0.1) is 0 Å². The van der Waals surface area contributed by atoms with Gasteiger partial charge in [0.25, 0.3) is 0 Å². The number of fused-ring (bicyclic) bond motifs is 1. The third-order valence-electron chi connectivity index (χ3n) is 8.98. The fraction of sp³-hybridized carbons (Fsp3) is 0.353. The molecule has 1 aliphatic carbocycles. The largest absolute Gasteiger partial charge is 0.496 e. The third-order valence-corrected chi connectivity index (χ3v) is 8.98. The van der Waals surface area contributed by atoms with Crippen LogP contribution in [0.2, 0.25) is 0 Å². The number of nitrogens with zero attached hydrogens (tertiary/aromatic N) is 5. The Morgan fingerprint density at radius 3 is 2.39 bits per heavy atom. The normalized spacial score (nSPS) is 20.0. The molecule has 2 fully saturated rings. The monoisotopic (exact) mass is 546 g/mol. The molecular formula is C34H38N6O. The van der Waals surface area contributed by atoms with Crippen molar-refractivity contribution in [2.45, 2.75) is 44.2 Å². The summed E-state index contributed by atoms with van der Waals surface area (Å²) in [6.45, 7) is 4.56. The van der Waals surface area contributed by atoms with Crippen LogP contribution in [0.25, 0.3) is 22.3 Å². The zero-order chi connectivity index (χ0) is 27.6. The second-order valence-electron chi connectivity index (χ2n) is 11.4. The first-order valence-corrected chi connectivity index (χ1v) is 14.9. The minimum absolute atomic E-state index is 0.481. The molecule has 0 amide bonds. The molecule has 1 N–H and O–H groups in total. The Bertz CT molecular complexity index is 1590. The molecule has 3 aromatic carbocycles. The van der Waals surface area contributed by atoms with Gasteiger partial charge in [-0.2, -0.15) is 5.10 Å². The first-order valence-electron chi connectivity index (χ1n) is 14.9. The molecule has 7 rings (SSSR count). The Hall–Kier alpha value is -4.10. The van der Waals surface area contributed by atoms with Crippen molar-refractivity contribution in [1.82, 2.24) is 24.6 Å². The van der Waals surface area contributed by atoms with Crippen molar-refractivity contribution in [3.05, 3.63) is 96.4 Å². The van der Waals surface area contributed by atoms with Crippen molar-refractivity contribution in [2.75, 3.05) is 38.2 Å². The van der Waals surface area contributed by atoms with E-state index in [1.807, 2.05) is 18.2 Å². The summed E-state index contributed by atoms with van der Waals surface area (Å²) in [6, 6.07) is 28.7. The molecule has 1 saturated carbocycles. The van der Waals surface area contributed by atoms with Crippen LogP contribution in [-0.2, 0) is 6.42 Å². The maximum absolute atomic E-state index is 5.52. The van der Waals surface area contributed by atoms with E-state index in [9.17, 15) is 0 Å². The summed E-state index contributed by atoms with van der Waals surface area (Å²) in [6.07, 6.45) is 7.75. The van der Waals surface area contributed by atoms with Gasteiger partial charge in [0.1, 0.15) is 11.6 Å². The molecule has 7 nitrogen and oxygen atoms in total. The smallest absolute Gasteiger partial charge is 0.122 e. The summed E-state index contributed by atoms with van der Waals surface area (Å²) >= 11 is 0. The van der Waals surface area contributed by atoms with Crippen molar-refractivity contribution in [3.8, 4) is 17.0 Å². The van der Waals surface area contributed by atoms with Gasteiger partial charge < -0.3 is 14.6 Å². The standard InChI is InChI=1S/C34H38N6O/c1-41-33-10-6-5-7-26(33)24-34-35-31-16-11-25(23-32(31)36-34)30-17-18-40(37-30)29-14-12-28(13-15-29)39-21-19-38(20-22-39)27-8-3-2-4-9-27/h2-11,16-18,23,28-29H,12-15,19-22,24H2,1H3,(H,35,36). The van der Waals surface area contributed by atoms with Crippen LogP contribution in [-0.4, -0.2) is 64.0 Å². The molecule has 0 unspecified atom stereocenters. The lowest BCUT2D eigenvalue weighted by molar-refractivity contribution is 0.128. The van der Waals surface area contributed by atoms with Gasteiger partial charge in [0.15, 0.2) is 0 Å². The quantitative estimate of drug-likeness (QED) is 0.258. The molecule has 41 heavy (non-hydrogen) atoms. The lowest BCUT2D eigenvalue weighted by Gasteiger charge is -2.42. The number of aromatic amines is 1. The van der Waals surface area contributed by atoms with E-state index in [4.69, 9.17) is 14.8 Å². The van der Waals surface area contributed by atoms with Gasteiger partial charge in [-0.25, -0.2) is 4.98 Å². The summed E-state index contributed by atoms with van der Waals surface area (Å²) in [5.41, 5.74) is 6.62. The zero-order valence-electron chi connectivity index (χ0n) is 23.7. The number of piperazine rings is 1. The first-order chi connectivity index (χ1) is 20.2. The fourth-order valence-electron chi connectivity index (χ4n) is 6.70. The average Bonchev–Trinajstić information content (AvgIpc) is 3.69. The molecule has 7 heteroatoms. The maximum Gasteiger partial charge on any atom is 0.122 e. The zero-order valence-corrected chi connectivity index (χ0v) is 23.7. The number of para-hydroxylation sites is 2. The summed E-state index contributed by atoms with van der Waals surface area (Å²) in [5.74, 6) is 1.82. The van der Waals surface area contributed by atoms with Crippen molar-refractivity contribution in [3.63, 3.8) is 0 Å². The van der Waals surface area contributed by atoms with E-state index in [1.54, 1.807) is 7.11 Å². The number of benzene rings is 3. The van der Waals surface area contributed by atoms with Gasteiger partial charge in [0.2, 0.25) is 0 Å². The molecule has 0 bridgehead atoms. The van der Waals surface area contributed by atoms with E-state index in [0.717, 1.165) is 65.6 Å². The molecule has 2 aromatic heterocycles. The number of aromatic nitrogens is 4. The second kappa shape index (κ2) is 11.4. The Morgan fingerprint density at radius 2 is 1.59 bits per heavy atom. The highest BCUT2D eigenvalue weighted by molar-refractivity contribution is 5.81. The fourth-order valence-corrected chi connectivity index (χ4v) is 6.70. The van der Waals surface area contributed by atoms with Crippen molar-refractivity contribution < 1.29 is 4.74 Å². The van der Waals surface area contributed by atoms with E-state index in [1.165, 1.54) is 31.4 Å². The number of H-pyrrole nitrogens is 1. The van der Waals surface area contributed by atoms with Crippen molar-refractivity contribution >= 4 is 16.7 Å². The van der Waals surface area contributed by atoms with Gasteiger partial charge in [0, 0.05) is 61.7 Å². The molecule has 5 aromatic rings. The van der Waals surface area contributed by atoms with Crippen LogP contribution in [0.5, 0.6) is 5.75 Å². The van der Waals surface area contributed by atoms with Gasteiger partial charge in [-0.3, -0.25) is 9.58 Å². The highest BCUT2D eigenvalue weighted by Gasteiger charge is 2.29.